The van der Waals surface area contributed by atoms with Gasteiger partial charge in [0.2, 0.25) is 0 Å². The van der Waals surface area contributed by atoms with Crippen molar-refractivity contribution >= 4 is 0 Å². The average molecular weight is 270 g/mol. The second-order valence-electron chi connectivity index (χ2n) is 5.80. The van der Waals surface area contributed by atoms with Crippen LogP contribution in [0.15, 0.2) is 36.4 Å². The highest BCUT2D eigenvalue weighted by Crippen LogP contribution is 2.37. The topological polar surface area (TPSA) is 40.5 Å². The van der Waals surface area contributed by atoms with E-state index in [2.05, 4.69) is 13.8 Å². The van der Waals surface area contributed by atoms with Crippen molar-refractivity contribution in [3.63, 3.8) is 0 Å². The van der Waals surface area contributed by atoms with Crippen LogP contribution in [-0.4, -0.2) is 10.2 Å². The lowest BCUT2D eigenvalue weighted by atomic mass is 9.79. The van der Waals surface area contributed by atoms with Gasteiger partial charge in [0, 0.05) is 5.92 Å². The van der Waals surface area contributed by atoms with Gasteiger partial charge in [0.05, 0.1) is 0 Å². The maximum atomic E-state index is 9.59. The van der Waals surface area contributed by atoms with Crippen LogP contribution < -0.4 is 0 Å². The van der Waals surface area contributed by atoms with Gasteiger partial charge in [-0.25, -0.2) is 0 Å². The molecule has 2 heteroatoms. The maximum Gasteiger partial charge on any atom is 0.115 e. The Kier molecular flexibility index (Phi) is 4.03. The monoisotopic (exact) mass is 270 g/mol. The highest BCUT2D eigenvalue weighted by atomic mass is 16.3. The summed E-state index contributed by atoms with van der Waals surface area (Å²) in [6.45, 7) is 8.45. The lowest BCUT2D eigenvalue weighted by Gasteiger charge is -2.25. The van der Waals surface area contributed by atoms with E-state index in [0.29, 0.717) is 17.4 Å². The molecule has 0 saturated heterocycles. The molecule has 2 rings (SSSR count). The molecule has 2 aromatic carbocycles. The highest BCUT2D eigenvalue weighted by molar-refractivity contribution is 5.45. The van der Waals surface area contributed by atoms with Crippen molar-refractivity contribution < 1.29 is 10.2 Å². The normalized spacial score (nSPS) is 11.3. The fourth-order valence-electron chi connectivity index (χ4n) is 2.90. The van der Waals surface area contributed by atoms with E-state index in [0.717, 1.165) is 11.1 Å². The van der Waals surface area contributed by atoms with Crippen LogP contribution in [0, 0.1) is 19.8 Å². The number of benzene rings is 2. The number of hydrogen-bond donors (Lipinski definition) is 2. The van der Waals surface area contributed by atoms with E-state index in [1.54, 1.807) is 24.3 Å². The Morgan fingerprint density at radius 1 is 0.750 bits per heavy atom. The molecule has 0 fully saturated rings. The van der Waals surface area contributed by atoms with E-state index < -0.39 is 0 Å². The van der Waals surface area contributed by atoms with Crippen LogP contribution in [0.1, 0.15) is 42.0 Å². The first kappa shape index (κ1) is 14.4. The zero-order valence-electron chi connectivity index (χ0n) is 12.5. The minimum atomic E-state index is 0.260. The quantitative estimate of drug-likeness (QED) is 0.862. The zero-order chi connectivity index (χ0) is 14.9. The smallest absolute Gasteiger partial charge is 0.115 e. The van der Waals surface area contributed by atoms with Crippen molar-refractivity contribution in [1.82, 2.24) is 0 Å². The van der Waals surface area contributed by atoms with Crippen LogP contribution in [0.25, 0.3) is 0 Å². The molecule has 0 bridgehead atoms. The molecule has 0 amide bonds. The van der Waals surface area contributed by atoms with Crippen molar-refractivity contribution in [1.29, 1.82) is 0 Å². The molecule has 106 valence electrons. The molecule has 0 aliphatic heterocycles. The molecule has 0 spiro atoms. The van der Waals surface area contributed by atoms with Crippen LogP contribution in [0.5, 0.6) is 11.5 Å². The van der Waals surface area contributed by atoms with E-state index in [1.807, 2.05) is 26.0 Å². The molecule has 0 saturated carbocycles. The number of aromatic hydroxyl groups is 2. The van der Waals surface area contributed by atoms with Crippen LogP contribution in [0.3, 0.4) is 0 Å². The Hall–Kier alpha value is -1.96. The molecule has 0 unspecified atom stereocenters. The second kappa shape index (κ2) is 5.58. The standard InChI is InChI=1S/C18H22O2/c1-11(2)18(16-7-5-14(19)9-12(16)3)17-8-6-15(20)10-13(17)4/h5-11,18-20H,1-4H3. The third-order valence-corrected chi connectivity index (χ3v) is 3.84. The summed E-state index contributed by atoms with van der Waals surface area (Å²) < 4.78 is 0. The summed E-state index contributed by atoms with van der Waals surface area (Å²) in [5.41, 5.74) is 4.64. The van der Waals surface area contributed by atoms with Gasteiger partial charge >= 0.3 is 0 Å². The number of phenolic OH excluding ortho intramolecular Hbond substituents is 2. The molecule has 0 heterocycles. The third-order valence-electron chi connectivity index (χ3n) is 3.84. The Morgan fingerprint density at radius 3 is 1.45 bits per heavy atom. The van der Waals surface area contributed by atoms with Crippen molar-refractivity contribution in [2.45, 2.75) is 33.6 Å². The van der Waals surface area contributed by atoms with Crippen LogP contribution in [0.4, 0.5) is 0 Å². The van der Waals surface area contributed by atoms with Gasteiger partial charge in [-0.15, -0.1) is 0 Å². The number of aryl methyl sites for hydroxylation is 2. The molecule has 20 heavy (non-hydrogen) atoms. The van der Waals surface area contributed by atoms with Crippen LogP contribution >= 0.6 is 0 Å². The summed E-state index contributed by atoms with van der Waals surface area (Å²) in [6, 6.07) is 11.1. The highest BCUT2D eigenvalue weighted by Gasteiger charge is 2.21. The molecule has 2 nitrogen and oxygen atoms in total. The molecular weight excluding hydrogens is 248 g/mol. The summed E-state index contributed by atoms with van der Waals surface area (Å²) in [4.78, 5) is 0. The molecule has 0 radical (unpaired) electrons. The van der Waals surface area contributed by atoms with Crippen molar-refractivity contribution in [3.05, 3.63) is 58.7 Å². The Balaban J connectivity index is 2.56. The summed E-state index contributed by atoms with van der Waals surface area (Å²) in [7, 11) is 0. The van der Waals surface area contributed by atoms with Crippen molar-refractivity contribution in [2.75, 3.05) is 0 Å². The molecule has 0 aromatic heterocycles. The van der Waals surface area contributed by atoms with Gasteiger partial charge in [-0.3, -0.25) is 0 Å². The molecule has 2 N–H and O–H groups in total. The van der Waals surface area contributed by atoms with E-state index in [9.17, 15) is 10.2 Å². The average Bonchev–Trinajstić information content (AvgIpc) is 2.34. The molecule has 0 aliphatic carbocycles. The molecule has 0 atom stereocenters. The predicted octanol–water partition coefficient (Wildman–Crippen LogP) is 4.50. The fourth-order valence-corrected chi connectivity index (χ4v) is 2.90. The van der Waals surface area contributed by atoms with Gasteiger partial charge in [-0.1, -0.05) is 26.0 Å². The maximum absolute atomic E-state index is 9.59. The molecule has 0 aliphatic rings. The van der Waals surface area contributed by atoms with Crippen LogP contribution in [-0.2, 0) is 0 Å². The summed E-state index contributed by atoms with van der Waals surface area (Å²) >= 11 is 0. The first-order valence-electron chi connectivity index (χ1n) is 6.99. The van der Waals surface area contributed by atoms with E-state index in [1.165, 1.54) is 11.1 Å². The van der Waals surface area contributed by atoms with Gasteiger partial charge in [0.1, 0.15) is 11.5 Å². The third kappa shape index (κ3) is 2.79. The molecular formula is C18H22O2. The predicted molar refractivity (Wildman–Crippen MR) is 82.4 cm³/mol. The first-order valence-corrected chi connectivity index (χ1v) is 6.99. The largest absolute Gasteiger partial charge is 0.508 e. The minimum Gasteiger partial charge on any atom is -0.508 e. The van der Waals surface area contributed by atoms with Crippen LogP contribution in [0.2, 0.25) is 0 Å². The Labute approximate surface area is 120 Å². The van der Waals surface area contributed by atoms with E-state index in [4.69, 9.17) is 0 Å². The first-order chi connectivity index (χ1) is 9.40. The van der Waals surface area contributed by atoms with Gasteiger partial charge in [0.15, 0.2) is 0 Å². The second-order valence-corrected chi connectivity index (χ2v) is 5.80. The molecule has 2 aromatic rings. The van der Waals surface area contributed by atoms with Gasteiger partial charge in [0.25, 0.3) is 0 Å². The van der Waals surface area contributed by atoms with E-state index >= 15 is 0 Å². The van der Waals surface area contributed by atoms with E-state index in [-0.39, 0.29) is 5.92 Å². The van der Waals surface area contributed by atoms with Gasteiger partial charge in [-0.05, 0) is 66.3 Å². The summed E-state index contributed by atoms with van der Waals surface area (Å²) in [5, 5.41) is 19.2. The lowest BCUT2D eigenvalue weighted by Crippen LogP contribution is -2.11. The number of phenols is 2. The van der Waals surface area contributed by atoms with Crippen molar-refractivity contribution in [2.24, 2.45) is 5.92 Å². The van der Waals surface area contributed by atoms with Gasteiger partial charge < -0.3 is 10.2 Å². The lowest BCUT2D eigenvalue weighted by molar-refractivity contribution is 0.472. The fraction of sp³-hybridized carbons (Fsp3) is 0.333. The number of rotatable bonds is 3. The Morgan fingerprint density at radius 2 is 1.15 bits per heavy atom. The number of hydrogen-bond acceptors (Lipinski definition) is 2. The zero-order valence-corrected chi connectivity index (χ0v) is 12.5. The Bertz CT molecular complexity index is 563. The summed E-state index contributed by atoms with van der Waals surface area (Å²) in [5.74, 6) is 1.30. The SMILES string of the molecule is Cc1cc(O)ccc1C(c1ccc(O)cc1C)C(C)C. The van der Waals surface area contributed by atoms with Gasteiger partial charge in [-0.2, -0.15) is 0 Å². The van der Waals surface area contributed by atoms with Crippen molar-refractivity contribution in [3.8, 4) is 11.5 Å². The minimum absolute atomic E-state index is 0.260. The summed E-state index contributed by atoms with van der Waals surface area (Å²) in [6.07, 6.45) is 0.